The highest BCUT2D eigenvalue weighted by Crippen LogP contribution is 2.38. The van der Waals surface area contributed by atoms with Crippen LogP contribution in [0.1, 0.15) is 46.8 Å². The largest absolute Gasteiger partial charge is 0.412 e. The molecule has 1 aromatic carbocycles. The van der Waals surface area contributed by atoms with E-state index in [2.05, 4.69) is 22.9 Å². The molecule has 1 atom stereocenters. The first-order valence-corrected chi connectivity index (χ1v) is 8.98. The highest BCUT2D eigenvalue weighted by molar-refractivity contribution is 5.85. The molecule has 1 saturated heterocycles. The van der Waals surface area contributed by atoms with Gasteiger partial charge in [0.25, 0.3) is 0 Å². The van der Waals surface area contributed by atoms with Crippen molar-refractivity contribution < 1.29 is 10.6 Å². The van der Waals surface area contributed by atoms with E-state index in [0.717, 1.165) is 32.7 Å². The molecule has 0 radical (unpaired) electrons. The standard InChI is InChI=1S/C19H28N2O.2ClH.H2O/c1-20-8-10-21(11-9-20)13-18(22)19-16-6-2-4-14(16)12-15-5-3-7-17(15)19;;;/h12,18,22H,2-11,13H2,1H3;2*1H;1H2. The molecule has 1 fully saturated rings. The lowest BCUT2D eigenvalue weighted by molar-refractivity contribution is 0.0797. The Morgan fingerprint density at radius 3 is 1.96 bits per heavy atom. The number of β-amino-alcohol motifs (C(OH)–C–C–N with tert-alkyl or cyclic N) is 1. The third-order valence-electron chi connectivity index (χ3n) is 5.88. The molecule has 1 unspecified atom stereocenters. The van der Waals surface area contributed by atoms with Gasteiger partial charge in [0.2, 0.25) is 0 Å². The highest BCUT2D eigenvalue weighted by atomic mass is 35.5. The van der Waals surface area contributed by atoms with Gasteiger partial charge in [0.15, 0.2) is 0 Å². The van der Waals surface area contributed by atoms with Crippen LogP contribution in [-0.4, -0.2) is 60.2 Å². The fourth-order valence-corrected chi connectivity index (χ4v) is 4.63. The van der Waals surface area contributed by atoms with E-state index in [1.54, 1.807) is 0 Å². The van der Waals surface area contributed by atoms with E-state index in [4.69, 9.17) is 0 Å². The number of fused-ring (bicyclic) bond motifs is 2. The second kappa shape index (κ2) is 9.54. The van der Waals surface area contributed by atoms with Crippen LogP contribution >= 0.6 is 24.8 Å². The van der Waals surface area contributed by atoms with E-state index in [9.17, 15) is 5.11 Å². The van der Waals surface area contributed by atoms with E-state index in [1.807, 2.05) is 0 Å². The predicted octanol–water partition coefficient (Wildman–Crippen LogP) is 1.96. The van der Waals surface area contributed by atoms with Crippen molar-refractivity contribution in [1.29, 1.82) is 0 Å². The molecule has 6 heteroatoms. The Balaban J connectivity index is 0.00000104. The van der Waals surface area contributed by atoms with Crippen LogP contribution in [0.25, 0.3) is 0 Å². The number of rotatable bonds is 3. The Morgan fingerprint density at radius 2 is 1.44 bits per heavy atom. The van der Waals surface area contributed by atoms with Gasteiger partial charge in [-0.15, -0.1) is 24.8 Å². The monoisotopic (exact) mass is 390 g/mol. The number of hydrogen-bond acceptors (Lipinski definition) is 3. The van der Waals surface area contributed by atoms with Crippen LogP contribution in [0, 0.1) is 0 Å². The molecule has 0 aromatic heterocycles. The van der Waals surface area contributed by atoms with Crippen LogP contribution in [0.3, 0.4) is 0 Å². The summed E-state index contributed by atoms with van der Waals surface area (Å²) in [5.41, 5.74) is 7.41. The molecule has 0 spiro atoms. The summed E-state index contributed by atoms with van der Waals surface area (Å²) in [4.78, 5) is 4.82. The second-order valence-corrected chi connectivity index (χ2v) is 7.39. The number of benzene rings is 1. The molecule has 2 aliphatic carbocycles. The SMILES string of the molecule is CN1CCN(CC(O)c2c3c(cc4c2CCC4)CCC3)CC1.Cl.Cl.O. The van der Waals surface area contributed by atoms with Crippen molar-refractivity contribution in [1.82, 2.24) is 9.80 Å². The van der Waals surface area contributed by atoms with Crippen molar-refractivity contribution in [3.8, 4) is 0 Å². The topological polar surface area (TPSA) is 58.2 Å². The zero-order chi connectivity index (χ0) is 15.1. The van der Waals surface area contributed by atoms with Crippen molar-refractivity contribution in [2.75, 3.05) is 39.8 Å². The smallest absolute Gasteiger partial charge is 0.0922 e. The number of aryl methyl sites for hydroxylation is 2. The third-order valence-corrected chi connectivity index (χ3v) is 5.88. The van der Waals surface area contributed by atoms with E-state index >= 15 is 0 Å². The molecule has 1 aliphatic heterocycles. The number of nitrogens with zero attached hydrogens (tertiary/aromatic N) is 2. The molecule has 0 saturated carbocycles. The first-order valence-electron chi connectivity index (χ1n) is 8.98. The summed E-state index contributed by atoms with van der Waals surface area (Å²) in [7, 11) is 2.19. The molecule has 25 heavy (non-hydrogen) atoms. The molecule has 144 valence electrons. The Labute approximate surface area is 163 Å². The van der Waals surface area contributed by atoms with Gasteiger partial charge in [-0.1, -0.05) is 6.07 Å². The maximum atomic E-state index is 11.0. The molecule has 4 rings (SSSR count). The van der Waals surface area contributed by atoms with Gasteiger partial charge < -0.3 is 15.5 Å². The van der Waals surface area contributed by atoms with E-state index < -0.39 is 0 Å². The summed E-state index contributed by atoms with van der Waals surface area (Å²) in [6, 6.07) is 2.46. The van der Waals surface area contributed by atoms with Crippen LogP contribution in [0.15, 0.2) is 6.07 Å². The van der Waals surface area contributed by atoms with Gasteiger partial charge >= 0.3 is 0 Å². The molecular formula is C19H32Cl2N2O2. The molecule has 4 nitrogen and oxygen atoms in total. The Kier molecular flexibility index (Phi) is 8.65. The lowest BCUT2D eigenvalue weighted by atomic mass is 9.90. The minimum absolute atomic E-state index is 0. The predicted molar refractivity (Wildman–Crippen MR) is 107 cm³/mol. The number of piperazine rings is 1. The second-order valence-electron chi connectivity index (χ2n) is 7.39. The normalized spacial score (nSPS) is 20.7. The molecule has 0 bridgehead atoms. The quantitative estimate of drug-likeness (QED) is 0.857. The van der Waals surface area contributed by atoms with Crippen LogP contribution < -0.4 is 0 Å². The summed E-state index contributed by atoms with van der Waals surface area (Å²) >= 11 is 0. The van der Waals surface area contributed by atoms with Gasteiger partial charge in [-0.2, -0.15) is 0 Å². The number of aliphatic hydroxyl groups excluding tert-OH is 1. The summed E-state index contributed by atoms with van der Waals surface area (Å²) < 4.78 is 0. The van der Waals surface area contributed by atoms with Crippen molar-refractivity contribution in [2.45, 2.75) is 44.6 Å². The van der Waals surface area contributed by atoms with Crippen molar-refractivity contribution >= 4 is 24.8 Å². The van der Waals surface area contributed by atoms with E-state index in [-0.39, 0.29) is 36.4 Å². The minimum atomic E-state index is -0.289. The molecule has 0 amide bonds. The van der Waals surface area contributed by atoms with Gasteiger partial charge in [0.1, 0.15) is 0 Å². The average molecular weight is 391 g/mol. The van der Waals surface area contributed by atoms with Gasteiger partial charge in [0.05, 0.1) is 6.10 Å². The van der Waals surface area contributed by atoms with Crippen LogP contribution in [0.2, 0.25) is 0 Å². The Bertz CT molecular complexity index is 543. The molecular weight excluding hydrogens is 359 g/mol. The first kappa shape index (κ1) is 22.7. The lowest BCUT2D eigenvalue weighted by Gasteiger charge is -2.34. The van der Waals surface area contributed by atoms with Gasteiger partial charge in [0, 0.05) is 32.7 Å². The molecule has 1 aromatic rings. The van der Waals surface area contributed by atoms with Crippen LogP contribution in [0.4, 0.5) is 0 Å². The highest BCUT2D eigenvalue weighted by Gasteiger charge is 2.28. The lowest BCUT2D eigenvalue weighted by Crippen LogP contribution is -2.45. The van der Waals surface area contributed by atoms with E-state index in [1.165, 1.54) is 66.3 Å². The molecule has 1 heterocycles. The zero-order valence-corrected chi connectivity index (χ0v) is 16.7. The van der Waals surface area contributed by atoms with Crippen LogP contribution in [-0.2, 0) is 25.7 Å². The Morgan fingerprint density at radius 1 is 0.920 bits per heavy atom. The van der Waals surface area contributed by atoms with Crippen molar-refractivity contribution in [3.63, 3.8) is 0 Å². The summed E-state index contributed by atoms with van der Waals surface area (Å²) in [6.07, 6.45) is 7.05. The fourth-order valence-electron chi connectivity index (χ4n) is 4.63. The van der Waals surface area contributed by atoms with E-state index in [0.29, 0.717) is 0 Å². The molecule has 3 N–H and O–H groups in total. The first-order chi connectivity index (χ1) is 10.7. The number of halogens is 2. The maximum absolute atomic E-state index is 11.0. The number of likely N-dealkylation sites (N-methyl/N-ethyl adjacent to an activating group) is 1. The maximum Gasteiger partial charge on any atom is 0.0922 e. The van der Waals surface area contributed by atoms with Gasteiger partial charge in [-0.3, -0.25) is 4.90 Å². The summed E-state index contributed by atoms with van der Waals surface area (Å²) in [6.45, 7) is 5.24. The number of aliphatic hydroxyl groups is 1. The number of hydrogen-bond donors (Lipinski definition) is 1. The van der Waals surface area contributed by atoms with Gasteiger partial charge in [-0.25, -0.2) is 0 Å². The fraction of sp³-hybridized carbons (Fsp3) is 0.684. The summed E-state index contributed by atoms with van der Waals surface area (Å²) in [5.74, 6) is 0. The van der Waals surface area contributed by atoms with Crippen LogP contribution in [0.5, 0.6) is 0 Å². The zero-order valence-electron chi connectivity index (χ0n) is 15.1. The minimum Gasteiger partial charge on any atom is -0.412 e. The van der Waals surface area contributed by atoms with Gasteiger partial charge in [-0.05, 0) is 73.4 Å². The van der Waals surface area contributed by atoms with Crippen molar-refractivity contribution in [2.24, 2.45) is 0 Å². The Hall–Kier alpha value is -0.360. The average Bonchev–Trinajstić information content (AvgIpc) is 3.15. The summed E-state index contributed by atoms with van der Waals surface area (Å²) in [5, 5.41) is 11.0. The molecule has 3 aliphatic rings. The van der Waals surface area contributed by atoms with Crippen molar-refractivity contribution in [3.05, 3.63) is 33.9 Å². The third kappa shape index (κ3) is 4.49.